The zero-order valence-corrected chi connectivity index (χ0v) is 16.3. The summed E-state index contributed by atoms with van der Waals surface area (Å²) in [4.78, 5) is 11.4. The highest BCUT2D eigenvalue weighted by Crippen LogP contribution is 2.19. The van der Waals surface area contributed by atoms with Gasteiger partial charge in [-0.2, -0.15) is 0 Å². The summed E-state index contributed by atoms with van der Waals surface area (Å²) in [5.41, 5.74) is 0.972. The number of thiazole rings is 1. The van der Waals surface area contributed by atoms with Crippen LogP contribution >= 0.6 is 34.7 Å². The van der Waals surface area contributed by atoms with Crippen molar-refractivity contribution in [3.05, 3.63) is 52.8 Å². The molecule has 0 amide bonds. The average molecular weight is 394 g/mol. The first-order valence-corrected chi connectivity index (χ1v) is 10.3. The van der Waals surface area contributed by atoms with Crippen molar-refractivity contribution < 1.29 is 0 Å². The van der Waals surface area contributed by atoms with E-state index in [2.05, 4.69) is 27.5 Å². The van der Waals surface area contributed by atoms with E-state index >= 15 is 0 Å². The summed E-state index contributed by atoms with van der Waals surface area (Å²) in [6, 6.07) is 7.91. The van der Waals surface area contributed by atoms with Gasteiger partial charge in [-0.05, 0) is 31.2 Å². The smallest absolute Gasteiger partial charge is 0.193 e. The third-order valence-electron chi connectivity index (χ3n) is 3.36. The summed E-state index contributed by atoms with van der Waals surface area (Å²) in [5.74, 6) is 1.77. The summed E-state index contributed by atoms with van der Waals surface area (Å²) in [6.45, 7) is 4.28. The summed E-state index contributed by atoms with van der Waals surface area (Å²) >= 11 is 9.32. The van der Waals surface area contributed by atoms with Gasteiger partial charge in [0.25, 0.3) is 0 Å². The topological polar surface area (TPSA) is 53.7 Å². The Morgan fingerprint density at radius 1 is 1.32 bits per heavy atom. The molecule has 5 nitrogen and oxygen atoms in total. The first-order chi connectivity index (χ1) is 12.2. The van der Waals surface area contributed by atoms with E-state index in [9.17, 15) is 0 Å². The standard InChI is InChI=1S/C17H20ClN5S2/c1-2-19-16(20-7-9-24-15-5-3-13(18)4-6-15)21-11-14-12-23-8-10-25-17(23)22-14/h3-6,8,10,12H,2,7,9,11H2,1H3,(H2,19,20,21). The highest BCUT2D eigenvalue weighted by Gasteiger charge is 2.03. The lowest BCUT2D eigenvalue weighted by molar-refractivity contribution is 0.839. The van der Waals surface area contributed by atoms with Crippen LogP contribution < -0.4 is 10.6 Å². The minimum atomic E-state index is 0.564. The minimum Gasteiger partial charge on any atom is -0.357 e. The van der Waals surface area contributed by atoms with Gasteiger partial charge in [0.2, 0.25) is 0 Å². The highest BCUT2D eigenvalue weighted by molar-refractivity contribution is 7.99. The maximum atomic E-state index is 5.90. The van der Waals surface area contributed by atoms with Gasteiger partial charge < -0.3 is 10.6 Å². The quantitative estimate of drug-likeness (QED) is 0.276. The molecule has 2 heterocycles. The lowest BCUT2D eigenvalue weighted by Gasteiger charge is -2.10. The number of halogens is 1. The van der Waals surface area contributed by atoms with E-state index in [0.29, 0.717) is 6.54 Å². The third kappa shape index (κ3) is 5.39. The van der Waals surface area contributed by atoms with Crippen LogP contribution in [-0.2, 0) is 6.54 Å². The first kappa shape index (κ1) is 18.1. The van der Waals surface area contributed by atoms with Crippen LogP contribution in [0.1, 0.15) is 12.6 Å². The first-order valence-electron chi connectivity index (χ1n) is 8.06. The molecule has 0 saturated carbocycles. The number of nitrogens with one attached hydrogen (secondary N) is 2. The number of hydrogen-bond donors (Lipinski definition) is 2. The van der Waals surface area contributed by atoms with Gasteiger partial charge >= 0.3 is 0 Å². The molecule has 0 radical (unpaired) electrons. The molecule has 0 bridgehead atoms. The Hall–Kier alpha value is -1.70. The number of thioether (sulfide) groups is 1. The number of fused-ring (bicyclic) bond motifs is 1. The number of aromatic nitrogens is 2. The number of hydrogen-bond acceptors (Lipinski definition) is 4. The molecule has 0 aliphatic carbocycles. The van der Waals surface area contributed by atoms with Gasteiger partial charge in [0.1, 0.15) is 0 Å². The summed E-state index contributed by atoms with van der Waals surface area (Å²) in [7, 11) is 0. The SMILES string of the molecule is CCNC(=NCc1cn2ccsc2n1)NCCSc1ccc(Cl)cc1. The fourth-order valence-electron chi connectivity index (χ4n) is 2.22. The van der Waals surface area contributed by atoms with E-state index in [1.807, 2.05) is 46.4 Å². The molecule has 2 N–H and O–H groups in total. The van der Waals surface area contributed by atoms with Gasteiger partial charge in [-0.25, -0.2) is 9.98 Å². The van der Waals surface area contributed by atoms with Crippen LogP contribution in [0.4, 0.5) is 0 Å². The Morgan fingerprint density at radius 3 is 2.92 bits per heavy atom. The second-order valence-corrected chi connectivity index (χ2v) is 7.73. The fraction of sp³-hybridized carbons (Fsp3) is 0.294. The zero-order valence-electron chi connectivity index (χ0n) is 13.9. The number of benzene rings is 1. The number of aliphatic imine (C=N–C) groups is 1. The second-order valence-electron chi connectivity index (χ2n) is 5.25. The maximum Gasteiger partial charge on any atom is 0.193 e. The van der Waals surface area contributed by atoms with Gasteiger partial charge in [-0.15, -0.1) is 23.1 Å². The molecule has 3 aromatic rings. The van der Waals surface area contributed by atoms with E-state index in [0.717, 1.165) is 40.5 Å². The Morgan fingerprint density at radius 2 is 2.16 bits per heavy atom. The Kier molecular flexibility index (Phi) is 6.61. The Bertz CT molecular complexity index is 797. The minimum absolute atomic E-state index is 0.564. The lowest BCUT2D eigenvalue weighted by Crippen LogP contribution is -2.38. The average Bonchev–Trinajstić information content (AvgIpc) is 3.19. The van der Waals surface area contributed by atoms with E-state index in [-0.39, 0.29) is 0 Å². The number of imidazole rings is 1. The van der Waals surface area contributed by atoms with Gasteiger partial charge in [0.05, 0.1) is 12.2 Å². The van der Waals surface area contributed by atoms with E-state index in [4.69, 9.17) is 11.6 Å². The predicted octanol–water partition coefficient (Wildman–Crippen LogP) is 3.90. The summed E-state index contributed by atoms with van der Waals surface area (Å²) in [6.07, 6.45) is 4.03. The van der Waals surface area contributed by atoms with E-state index < -0.39 is 0 Å². The molecule has 25 heavy (non-hydrogen) atoms. The van der Waals surface area contributed by atoms with Crippen molar-refractivity contribution in [3.63, 3.8) is 0 Å². The molecule has 8 heteroatoms. The molecule has 0 spiro atoms. The monoisotopic (exact) mass is 393 g/mol. The van der Waals surface area contributed by atoms with Crippen molar-refractivity contribution in [1.29, 1.82) is 0 Å². The molecule has 0 aliphatic heterocycles. The molecule has 1 aromatic carbocycles. The summed E-state index contributed by atoms with van der Waals surface area (Å²) in [5, 5.41) is 9.42. The molecule has 2 aromatic heterocycles. The molecular formula is C17H20ClN5S2. The van der Waals surface area contributed by atoms with Crippen molar-refractivity contribution in [2.24, 2.45) is 4.99 Å². The van der Waals surface area contributed by atoms with Crippen LogP contribution in [0.15, 0.2) is 51.9 Å². The number of nitrogens with zero attached hydrogens (tertiary/aromatic N) is 3. The van der Waals surface area contributed by atoms with Gasteiger partial charge in [-0.3, -0.25) is 4.40 Å². The molecule has 132 valence electrons. The molecule has 0 saturated heterocycles. The van der Waals surface area contributed by atoms with Crippen LogP contribution in [0.3, 0.4) is 0 Å². The molecule has 0 unspecified atom stereocenters. The fourth-order valence-corrected chi connectivity index (χ4v) is 3.84. The molecule has 0 fully saturated rings. The van der Waals surface area contributed by atoms with Gasteiger partial charge in [0.15, 0.2) is 10.9 Å². The zero-order chi connectivity index (χ0) is 17.5. The third-order valence-corrected chi connectivity index (χ3v) is 5.40. The second kappa shape index (κ2) is 9.12. The molecule has 3 rings (SSSR count). The van der Waals surface area contributed by atoms with Crippen molar-refractivity contribution in [3.8, 4) is 0 Å². The Balaban J connectivity index is 1.48. The van der Waals surface area contributed by atoms with Crippen LogP contribution in [0, 0.1) is 0 Å². The predicted molar refractivity (Wildman–Crippen MR) is 108 cm³/mol. The van der Waals surface area contributed by atoms with Crippen molar-refractivity contribution in [2.45, 2.75) is 18.4 Å². The summed E-state index contributed by atoms with van der Waals surface area (Å²) < 4.78 is 2.03. The van der Waals surface area contributed by atoms with E-state index in [1.165, 1.54) is 4.90 Å². The number of rotatable bonds is 7. The Labute approximate surface area is 160 Å². The number of guanidine groups is 1. The van der Waals surface area contributed by atoms with E-state index in [1.54, 1.807) is 23.1 Å². The van der Waals surface area contributed by atoms with Crippen LogP contribution in [0.25, 0.3) is 4.96 Å². The highest BCUT2D eigenvalue weighted by atomic mass is 35.5. The van der Waals surface area contributed by atoms with Crippen LogP contribution in [0.5, 0.6) is 0 Å². The maximum absolute atomic E-state index is 5.90. The van der Waals surface area contributed by atoms with Crippen LogP contribution in [0.2, 0.25) is 5.02 Å². The molecular weight excluding hydrogens is 374 g/mol. The normalized spacial score (nSPS) is 11.8. The van der Waals surface area contributed by atoms with Crippen molar-refractivity contribution in [1.82, 2.24) is 20.0 Å². The lowest BCUT2D eigenvalue weighted by atomic mass is 10.4. The van der Waals surface area contributed by atoms with Gasteiger partial charge in [0, 0.05) is 46.5 Å². The van der Waals surface area contributed by atoms with Gasteiger partial charge in [-0.1, -0.05) is 11.6 Å². The van der Waals surface area contributed by atoms with Crippen molar-refractivity contribution >= 4 is 45.6 Å². The largest absolute Gasteiger partial charge is 0.357 e. The van der Waals surface area contributed by atoms with Crippen LogP contribution in [-0.4, -0.2) is 34.2 Å². The van der Waals surface area contributed by atoms with Crippen molar-refractivity contribution in [2.75, 3.05) is 18.8 Å². The molecule has 0 aliphatic rings. The molecule has 0 atom stereocenters.